The number of aliphatic hydroxyl groups is 1. The maximum absolute atomic E-state index is 10.2. The van der Waals surface area contributed by atoms with Crippen molar-refractivity contribution in [3.05, 3.63) is 34.4 Å². The molecule has 1 fully saturated rings. The Morgan fingerprint density at radius 2 is 1.82 bits per heavy atom. The van der Waals surface area contributed by atoms with Gasteiger partial charge in [-0.1, -0.05) is 12.1 Å². The summed E-state index contributed by atoms with van der Waals surface area (Å²) in [7, 11) is 0. The topological polar surface area (TPSA) is 55.5 Å². The highest BCUT2D eigenvalue weighted by Crippen LogP contribution is 2.38. The fraction of sp³-hybridized carbons (Fsp3) is 0.571. The molecule has 3 nitrogen and oxygen atoms in total. The first-order valence-corrected chi connectivity index (χ1v) is 6.05. The van der Waals surface area contributed by atoms with Crippen molar-refractivity contribution < 1.29 is 9.84 Å². The molecule has 0 amide bonds. The van der Waals surface area contributed by atoms with Crippen molar-refractivity contribution in [2.45, 2.75) is 32.3 Å². The van der Waals surface area contributed by atoms with Crippen molar-refractivity contribution >= 4 is 0 Å². The normalized spacial score (nSPS) is 19.8. The molecule has 3 N–H and O–H groups in total. The van der Waals surface area contributed by atoms with E-state index in [0.29, 0.717) is 13.2 Å². The summed E-state index contributed by atoms with van der Waals surface area (Å²) in [6.45, 7) is 7.69. The molecule has 1 aromatic rings. The molecule has 0 bridgehead atoms. The van der Waals surface area contributed by atoms with E-state index in [4.69, 9.17) is 10.5 Å². The molecule has 2 rings (SSSR count). The Labute approximate surface area is 103 Å². The Balaban J connectivity index is 2.48. The van der Waals surface area contributed by atoms with Crippen molar-refractivity contribution in [1.82, 2.24) is 0 Å². The van der Waals surface area contributed by atoms with Crippen LogP contribution in [0, 0.1) is 20.8 Å². The van der Waals surface area contributed by atoms with Gasteiger partial charge in [0, 0.05) is 6.54 Å². The van der Waals surface area contributed by atoms with Crippen LogP contribution in [0.15, 0.2) is 12.1 Å². The average Bonchev–Trinajstić information content (AvgIpc) is 2.23. The minimum atomic E-state index is -0.531. The average molecular weight is 235 g/mol. The van der Waals surface area contributed by atoms with E-state index < -0.39 is 6.10 Å². The molecule has 1 aliphatic heterocycles. The maximum atomic E-state index is 10.2. The van der Waals surface area contributed by atoms with Crippen LogP contribution in [0.4, 0.5) is 0 Å². The molecule has 0 radical (unpaired) electrons. The third-order valence-corrected chi connectivity index (χ3v) is 3.96. The zero-order valence-electron chi connectivity index (χ0n) is 10.8. The molecule has 1 atom stereocenters. The van der Waals surface area contributed by atoms with E-state index in [0.717, 1.165) is 0 Å². The van der Waals surface area contributed by atoms with Crippen molar-refractivity contribution in [3.63, 3.8) is 0 Å². The summed E-state index contributed by atoms with van der Waals surface area (Å²) in [6.07, 6.45) is -0.531. The number of aliphatic hydroxyl groups excluding tert-OH is 1. The highest BCUT2D eigenvalue weighted by molar-refractivity contribution is 5.43. The van der Waals surface area contributed by atoms with Gasteiger partial charge in [0.1, 0.15) is 0 Å². The maximum Gasteiger partial charge on any atom is 0.0803 e. The van der Waals surface area contributed by atoms with Crippen LogP contribution >= 0.6 is 0 Å². The molecule has 1 heterocycles. The summed E-state index contributed by atoms with van der Waals surface area (Å²) >= 11 is 0. The van der Waals surface area contributed by atoms with E-state index in [1.54, 1.807) is 0 Å². The van der Waals surface area contributed by atoms with E-state index in [9.17, 15) is 5.11 Å². The van der Waals surface area contributed by atoms with Crippen LogP contribution < -0.4 is 5.73 Å². The molecular weight excluding hydrogens is 214 g/mol. The van der Waals surface area contributed by atoms with Gasteiger partial charge < -0.3 is 15.6 Å². The molecule has 0 spiro atoms. The lowest BCUT2D eigenvalue weighted by Gasteiger charge is -2.46. The van der Waals surface area contributed by atoms with Crippen molar-refractivity contribution in [2.75, 3.05) is 19.8 Å². The van der Waals surface area contributed by atoms with Gasteiger partial charge in [-0.2, -0.15) is 0 Å². The highest BCUT2D eigenvalue weighted by Gasteiger charge is 2.46. The molecular formula is C14H21NO2. The summed E-state index contributed by atoms with van der Waals surface area (Å²) in [4.78, 5) is 0. The predicted octanol–water partition coefficient (Wildman–Crippen LogP) is 1.20. The Morgan fingerprint density at radius 3 is 2.29 bits per heavy atom. The molecule has 3 heteroatoms. The number of ether oxygens (including phenoxy) is 1. The lowest BCUT2D eigenvalue weighted by atomic mass is 9.71. The first-order chi connectivity index (χ1) is 8.01. The number of nitrogens with two attached hydrogens (primary N) is 1. The van der Waals surface area contributed by atoms with Crippen LogP contribution in [0.3, 0.4) is 0 Å². The quantitative estimate of drug-likeness (QED) is 0.827. The summed E-state index contributed by atoms with van der Waals surface area (Å²) in [5.74, 6) is 0. The summed E-state index contributed by atoms with van der Waals surface area (Å²) in [5.41, 5.74) is 10.3. The predicted molar refractivity (Wildman–Crippen MR) is 68.2 cm³/mol. The zero-order chi connectivity index (χ0) is 12.6. The smallest absolute Gasteiger partial charge is 0.0803 e. The second kappa shape index (κ2) is 4.41. The van der Waals surface area contributed by atoms with Gasteiger partial charge in [-0.3, -0.25) is 0 Å². The molecule has 94 valence electrons. The van der Waals surface area contributed by atoms with Gasteiger partial charge >= 0.3 is 0 Å². The van der Waals surface area contributed by atoms with Crippen LogP contribution in [0.1, 0.15) is 22.3 Å². The third-order valence-electron chi connectivity index (χ3n) is 3.96. The van der Waals surface area contributed by atoms with E-state index in [-0.39, 0.29) is 12.0 Å². The molecule has 1 aliphatic rings. The summed E-state index contributed by atoms with van der Waals surface area (Å²) in [6, 6.07) is 4.35. The van der Waals surface area contributed by atoms with Gasteiger partial charge in [0.05, 0.1) is 24.7 Å². The Bertz CT molecular complexity index is 424. The summed E-state index contributed by atoms with van der Waals surface area (Å²) in [5, 5.41) is 10.2. The standard InChI is InChI=1S/C14H21NO2/c1-9-4-11(3)12(5-10(9)2)14(7-17-8-14)13(16)6-15/h4-5,13,16H,6-8,15H2,1-3H3. The summed E-state index contributed by atoms with van der Waals surface area (Å²) < 4.78 is 5.33. The van der Waals surface area contributed by atoms with E-state index >= 15 is 0 Å². The molecule has 0 saturated carbocycles. The van der Waals surface area contributed by atoms with Crippen LogP contribution in [-0.2, 0) is 10.2 Å². The van der Waals surface area contributed by atoms with Gasteiger partial charge in [-0.05, 0) is 43.0 Å². The SMILES string of the molecule is Cc1cc(C)c(C2(C(O)CN)COC2)cc1C. The molecule has 1 saturated heterocycles. The number of aryl methyl sites for hydroxylation is 3. The van der Waals surface area contributed by atoms with Gasteiger partial charge in [-0.15, -0.1) is 0 Å². The van der Waals surface area contributed by atoms with E-state index in [2.05, 4.69) is 32.9 Å². The molecule has 1 aromatic carbocycles. The number of rotatable bonds is 3. The largest absolute Gasteiger partial charge is 0.391 e. The Hall–Kier alpha value is -0.900. The van der Waals surface area contributed by atoms with Crippen LogP contribution in [-0.4, -0.2) is 31.0 Å². The molecule has 0 aliphatic carbocycles. The Kier molecular flexibility index (Phi) is 3.25. The van der Waals surface area contributed by atoms with Gasteiger partial charge in [-0.25, -0.2) is 0 Å². The van der Waals surface area contributed by atoms with Gasteiger partial charge in [0.15, 0.2) is 0 Å². The van der Waals surface area contributed by atoms with Crippen LogP contribution in [0.25, 0.3) is 0 Å². The minimum absolute atomic E-state index is 0.274. The molecule has 0 aromatic heterocycles. The van der Waals surface area contributed by atoms with Crippen molar-refractivity contribution in [1.29, 1.82) is 0 Å². The Morgan fingerprint density at radius 1 is 1.24 bits per heavy atom. The first kappa shape index (κ1) is 12.6. The van der Waals surface area contributed by atoms with E-state index in [1.165, 1.54) is 22.3 Å². The lowest BCUT2D eigenvalue weighted by Crippen LogP contribution is -2.58. The second-order valence-corrected chi connectivity index (χ2v) is 5.15. The highest BCUT2D eigenvalue weighted by atomic mass is 16.5. The van der Waals surface area contributed by atoms with Gasteiger partial charge in [0.2, 0.25) is 0 Å². The van der Waals surface area contributed by atoms with Crippen LogP contribution in [0.5, 0.6) is 0 Å². The van der Waals surface area contributed by atoms with Crippen LogP contribution in [0.2, 0.25) is 0 Å². The van der Waals surface area contributed by atoms with E-state index in [1.807, 2.05) is 0 Å². The zero-order valence-corrected chi connectivity index (χ0v) is 10.8. The van der Waals surface area contributed by atoms with Gasteiger partial charge in [0.25, 0.3) is 0 Å². The fourth-order valence-electron chi connectivity index (χ4n) is 2.57. The second-order valence-electron chi connectivity index (χ2n) is 5.15. The first-order valence-electron chi connectivity index (χ1n) is 6.05. The van der Waals surface area contributed by atoms with Crippen molar-refractivity contribution in [2.24, 2.45) is 5.73 Å². The number of benzene rings is 1. The number of hydrogen-bond donors (Lipinski definition) is 2. The monoisotopic (exact) mass is 235 g/mol. The number of hydrogen-bond acceptors (Lipinski definition) is 3. The molecule has 1 unspecified atom stereocenters. The fourth-order valence-corrected chi connectivity index (χ4v) is 2.57. The molecule has 17 heavy (non-hydrogen) atoms. The minimum Gasteiger partial charge on any atom is -0.391 e. The lowest BCUT2D eigenvalue weighted by molar-refractivity contribution is -0.117. The third kappa shape index (κ3) is 1.88. The van der Waals surface area contributed by atoms with Crippen molar-refractivity contribution in [3.8, 4) is 0 Å².